The van der Waals surface area contributed by atoms with E-state index in [4.69, 9.17) is 0 Å². The molecule has 1 aromatic rings. The third kappa shape index (κ3) is 3.14. The molecule has 2 heterocycles. The lowest BCUT2D eigenvalue weighted by Crippen LogP contribution is -2.45. The zero-order chi connectivity index (χ0) is 12.3. The molecule has 1 atom stereocenters. The Labute approximate surface area is 104 Å². The molecule has 1 fully saturated rings. The summed E-state index contributed by atoms with van der Waals surface area (Å²) in [7, 11) is 0. The van der Waals surface area contributed by atoms with Gasteiger partial charge in [0.05, 0.1) is 4.88 Å². The molecule has 17 heavy (non-hydrogen) atoms. The van der Waals surface area contributed by atoms with Crippen LogP contribution >= 0.6 is 11.3 Å². The minimum atomic E-state index is -0.0730. The van der Waals surface area contributed by atoms with E-state index >= 15 is 0 Å². The average Bonchev–Trinajstić information content (AvgIpc) is 2.79. The van der Waals surface area contributed by atoms with Gasteiger partial charge in [-0.2, -0.15) is 0 Å². The Morgan fingerprint density at radius 2 is 2.35 bits per heavy atom. The van der Waals surface area contributed by atoms with Crippen molar-refractivity contribution >= 4 is 23.0 Å². The van der Waals surface area contributed by atoms with Gasteiger partial charge in [0.2, 0.25) is 0 Å². The molecule has 0 unspecified atom stereocenters. The normalized spacial score (nSPS) is 19.9. The molecule has 1 aliphatic heterocycles. The Balaban J connectivity index is 1.96. The lowest BCUT2D eigenvalue weighted by Gasteiger charge is -2.23. The molecule has 0 aliphatic carbocycles. The molecule has 2 N–H and O–H groups in total. The van der Waals surface area contributed by atoms with Gasteiger partial charge < -0.3 is 10.6 Å². The van der Waals surface area contributed by atoms with E-state index in [-0.39, 0.29) is 17.7 Å². The summed E-state index contributed by atoms with van der Waals surface area (Å²) >= 11 is 1.32. The van der Waals surface area contributed by atoms with Crippen LogP contribution in [0, 0.1) is 0 Å². The van der Waals surface area contributed by atoms with Crippen LogP contribution in [0.3, 0.4) is 0 Å². The SMILES string of the molecule is CC(=O)c1csc(C(=O)N[C@H]2CCCNC2)c1. The van der Waals surface area contributed by atoms with E-state index in [2.05, 4.69) is 10.6 Å². The number of carbonyl (C=O) groups excluding carboxylic acids is 2. The molecule has 0 spiro atoms. The van der Waals surface area contributed by atoms with Gasteiger partial charge in [-0.15, -0.1) is 11.3 Å². The Morgan fingerprint density at radius 3 is 2.94 bits per heavy atom. The van der Waals surface area contributed by atoms with Gasteiger partial charge in [0.25, 0.3) is 5.91 Å². The van der Waals surface area contributed by atoms with Gasteiger partial charge in [-0.1, -0.05) is 0 Å². The summed E-state index contributed by atoms with van der Waals surface area (Å²) < 4.78 is 0. The third-order valence-corrected chi connectivity index (χ3v) is 3.79. The molecule has 1 amide bonds. The number of thiophene rings is 1. The summed E-state index contributed by atoms with van der Waals surface area (Å²) in [5, 5.41) is 7.97. The van der Waals surface area contributed by atoms with Crippen LogP contribution in [0.1, 0.15) is 39.8 Å². The first-order valence-corrected chi connectivity index (χ1v) is 6.66. The fraction of sp³-hybridized carbons (Fsp3) is 0.500. The zero-order valence-corrected chi connectivity index (χ0v) is 10.6. The lowest BCUT2D eigenvalue weighted by atomic mass is 10.1. The van der Waals surface area contributed by atoms with Crippen molar-refractivity contribution in [3.63, 3.8) is 0 Å². The highest BCUT2D eigenvalue weighted by Gasteiger charge is 2.17. The first-order valence-electron chi connectivity index (χ1n) is 5.78. The predicted octanol–water partition coefficient (Wildman–Crippen LogP) is 1.43. The van der Waals surface area contributed by atoms with Crippen molar-refractivity contribution in [3.8, 4) is 0 Å². The quantitative estimate of drug-likeness (QED) is 0.800. The van der Waals surface area contributed by atoms with Crippen molar-refractivity contribution in [2.24, 2.45) is 0 Å². The number of Topliss-reactive ketones (excluding diaryl/α,β-unsaturated/α-hetero) is 1. The van der Waals surface area contributed by atoms with E-state index in [9.17, 15) is 9.59 Å². The van der Waals surface area contributed by atoms with Crippen LogP contribution in [0.25, 0.3) is 0 Å². The van der Waals surface area contributed by atoms with Crippen molar-refractivity contribution in [1.82, 2.24) is 10.6 Å². The van der Waals surface area contributed by atoms with Gasteiger partial charge in [0.1, 0.15) is 0 Å². The maximum atomic E-state index is 11.9. The Hall–Kier alpha value is -1.20. The van der Waals surface area contributed by atoms with Crippen LogP contribution < -0.4 is 10.6 Å². The van der Waals surface area contributed by atoms with E-state index < -0.39 is 0 Å². The first kappa shape index (κ1) is 12.3. The molecule has 2 rings (SSSR count). The van der Waals surface area contributed by atoms with Crippen molar-refractivity contribution in [2.45, 2.75) is 25.8 Å². The summed E-state index contributed by atoms with van der Waals surface area (Å²) in [6.45, 7) is 3.37. The number of piperidine rings is 1. The molecular weight excluding hydrogens is 236 g/mol. The van der Waals surface area contributed by atoms with Crippen LogP contribution in [-0.4, -0.2) is 30.8 Å². The largest absolute Gasteiger partial charge is 0.347 e. The predicted molar refractivity (Wildman–Crippen MR) is 67.7 cm³/mol. The van der Waals surface area contributed by atoms with Crippen molar-refractivity contribution < 1.29 is 9.59 Å². The summed E-state index contributed by atoms with van der Waals surface area (Å²) in [5.41, 5.74) is 0.613. The molecule has 0 aromatic carbocycles. The number of rotatable bonds is 3. The maximum Gasteiger partial charge on any atom is 0.261 e. The lowest BCUT2D eigenvalue weighted by molar-refractivity contribution is 0.0934. The fourth-order valence-corrected chi connectivity index (χ4v) is 2.72. The summed E-state index contributed by atoms with van der Waals surface area (Å²) in [5.74, 6) is -0.0733. The van der Waals surface area contributed by atoms with Gasteiger partial charge in [-0.25, -0.2) is 0 Å². The Kier molecular flexibility index (Phi) is 3.91. The number of nitrogens with one attached hydrogen (secondary N) is 2. The maximum absolute atomic E-state index is 11.9. The molecular formula is C12H16N2O2S. The number of amides is 1. The van der Waals surface area contributed by atoms with E-state index in [1.807, 2.05) is 0 Å². The average molecular weight is 252 g/mol. The molecule has 1 aliphatic rings. The molecule has 1 aromatic heterocycles. The molecule has 1 saturated heterocycles. The minimum Gasteiger partial charge on any atom is -0.347 e. The molecule has 0 bridgehead atoms. The summed E-state index contributed by atoms with van der Waals surface area (Å²) in [6, 6.07) is 1.87. The molecule has 5 heteroatoms. The standard InChI is InChI=1S/C12H16N2O2S/c1-8(15)9-5-11(17-7-9)12(16)14-10-3-2-4-13-6-10/h5,7,10,13H,2-4,6H2,1H3,(H,14,16)/t10-/m0/s1. The van der Waals surface area contributed by atoms with Crippen molar-refractivity contribution in [2.75, 3.05) is 13.1 Å². The highest BCUT2D eigenvalue weighted by molar-refractivity contribution is 7.12. The minimum absolute atomic E-state index is 0.000340. The van der Waals surface area contributed by atoms with Gasteiger partial charge in [-0.3, -0.25) is 9.59 Å². The van der Waals surface area contributed by atoms with E-state index in [1.54, 1.807) is 11.4 Å². The van der Waals surface area contributed by atoms with E-state index in [0.717, 1.165) is 25.9 Å². The van der Waals surface area contributed by atoms with Gasteiger partial charge in [0, 0.05) is 23.5 Å². The van der Waals surface area contributed by atoms with E-state index in [1.165, 1.54) is 18.3 Å². The second kappa shape index (κ2) is 5.42. The van der Waals surface area contributed by atoms with Gasteiger partial charge in [-0.05, 0) is 32.4 Å². The molecule has 92 valence electrons. The highest BCUT2D eigenvalue weighted by atomic mass is 32.1. The van der Waals surface area contributed by atoms with Crippen molar-refractivity contribution in [1.29, 1.82) is 0 Å². The fourth-order valence-electron chi connectivity index (χ4n) is 1.87. The second-order valence-corrected chi connectivity index (χ2v) is 5.18. The Bertz CT molecular complexity index is 422. The summed E-state index contributed by atoms with van der Waals surface area (Å²) in [4.78, 5) is 23.7. The van der Waals surface area contributed by atoms with Crippen molar-refractivity contribution in [3.05, 3.63) is 21.9 Å². The number of hydrogen-bond donors (Lipinski definition) is 2. The third-order valence-electron chi connectivity index (χ3n) is 2.86. The van der Waals surface area contributed by atoms with Crippen LogP contribution in [0.4, 0.5) is 0 Å². The smallest absolute Gasteiger partial charge is 0.261 e. The highest BCUT2D eigenvalue weighted by Crippen LogP contribution is 2.15. The summed E-state index contributed by atoms with van der Waals surface area (Å²) in [6.07, 6.45) is 2.11. The Morgan fingerprint density at radius 1 is 1.53 bits per heavy atom. The monoisotopic (exact) mass is 252 g/mol. The van der Waals surface area contributed by atoms with E-state index in [0.29, 0.717) is 10.4 Å². The van der Waals surface area contributed by atoms with Crippen LogP contribution in [0.5, 0.6) is 0 Å². The van der Waals surface area contributed by atoms with Crippen LogP contribution in [0.2, 0.25) is 0 Å². The molecule has 0 saturated carbocycles. The molecule has 4 nitrogen and oxygen atoms in total. The van der Waals surface area contributed by atoms with Gasteiger partial charge in [0.15, 0.2) is 5.78 Å². The zero-order valence-electron chi connectivity index (χ0n) is 9.79. The number of carbonyl (C=O) groups is 2. The number of ketones is 1. The first-order chi connectivity index (χ1) is 8.16. The second-order valence-electron chi connectivity index (χ2n) is 4.27. The molecule has 0 radical (unpaired) electrons. The van der Waals surface area contributed by atoms with Gasteiger partial charge >= 0.3 is 0 Å². The topological polar surface area (TPSA) is 58.2 Å². The number of hydrogen-bond acceptors (Lipinski definition) is 4. The van der Waals surface area contributed by atoms with Crippen LogP contribution in [-0.2, 0) is 0 Å². The van der Waals surface area contributed by atoms with Crippen LogP contribution in [0.15, 0.2) is 11.4 Å².